The van der Waals surface area contributed by atoms with E-state index in [-0.39, 0.29) is 30.9 Å². The summed E-state index contributed by atoms with van der Waals surface area (Å²) < 4.78 is 6.46. The number of hydrogen-bond donors (Lipinski definition) is 1. The number of fused-ring (bicyclic) bond motifs is 2. The van der Waals surface area contributed by atoms with Gasteiger partial charge in [0, 0.05) is 33.2 Å². The Hall–Kier alpha value is -2.97. The molecule has 4 aliphatic heterocycles. The van der Waals surface area contributed by atoms with Crippen molar-refractivity contribution in [2.75, 3.05) is 33.3 Å². The molecule has 0 aliphatic carbocycles. The van der Waals surface area contributed by atoms with Gasteiger partial charge in [-0.2, -0.15) is 0 Å². The molecule has 0 aromatic heterocycles. The summed E-state index contributed by atoms with van der Waals surface area (Å²) in [6.07, 6.45) is 6.82. The van der Waals surface area contributed by atoms with Crippen molar-refractivity contribution in [2.45, 2.75) is 24.3 Å². The fourth-order valence-electron chi connectivity index (χ4n) is 5.60. The minimum atomic E-state index is -1.23. The Labute approximate surface area is 186 Å². The third kappa shape index (κ3) is 3.01. The number of benzene rings is 1. The highest BCUT2D eigenvalue weighted by atomic mass is 16.5. The van der Waals surface area contributed by atoms with Gasteiger partial charge in [-0.05, 0) is 5.56 Å². The third-order valence-electron chi connectivity index (χ3n) is 7.00. The molecule has 1 aromatic carbocycles. The van der Waals surface area contributed by atoms with Crippen LogP contribution in [0.1, 0.15) is 5.56 Å². The maximum absolute atomic E-state index is 13.8. The molecule has 4 aliphatic rings. The van der Waals surface area contributed by atoms with Crippen LogP contribution in [0.5, 0.6) is 0 Å². The molecule has 1 spiro atoms. The fraction of sp³-hybridized carbons (Fsp3) is 0.458. The van der Waals surface area contributed by atoms with E-state index in [1.807, 2.05) is 54.6 Å². The van der Waals surface area contributed by atoms with E-state index in [0.29, 0.717) is 19.6 Å². The molecule has 168 valence electrons. The van der Waals surface area contributed by atoms with Gasteiger partial charge >= 0.3 is 0 Å². The molecule has 8 nitrogen and oxygen atoms in total. The van der Waals surface area contributed by atoms with Crippen LogP contribution >= 0.6 is 0 Å². The summed E-state index contributed by atoms with van der Waals surface area (Å²) in [5.74, 6) is -2.21. The number of amides is 3. The predicted molar refractivity (Wildman–Crippen MR) is 115 cm³/mol. The Kier molecular flexibility index (Phi) is 5.14. The Bertz CT molecular complexity index is 993. The third-order valence-corrected chi connectivity index (χ3v) is 7.00. The van der Waals surface area contributed by atoms with Crippen LogP contribution < -0.4 is 0 Å². The van der Waals surface area contributed by atoms with E-state index in [9.17, 15) is 19.5 Å². The Morgan fingerprint density at radius 2 is 1.84 bits per heavy atom. The summed E-state index contributed by atoms with van der Waals surface area (Å²) in [4.78, 5) is 45.3. The molecule has 5 atom stereocenters. The van der Waals surface area contributed by atoms with E-state index in [4.69, 9.17) is 4.74 Å². The highest BCUT2D eigenvalue weighted by molar-refractivity contribution is 5.99. The number of aliphatic hydroxyl groups excluding tert-OH is 1. The van der Waals surface area contributed by atoms with E-state index >= 15 is 0 Å². The van der Waals surface area contributed by atoms with Gasteiger partial charge in [0.25, 0.3) is 0 Å². The zero-order chi connectivity index (χ0) is 22.5. The van der Waals surface area contributed by atoms with Gasteiger partial charge in [-0.15, -0.1) is 0 Å². The van der Waals surface area contributed by atoms with Crippen LogP contribution in [0.4, 0.5) is 0 Å². The number of likely N-dealkylation sites (tertiary alicyclic amines) is 1. The molecule has 5 rings (SSSR count). The zero-order valence-electron chi connectivity index (χ0n) is 18.0. The first kappa shape index (κ1) is 20.9. The van der Waals surface area contributed by atoms with Crippen molar-refractivity contribution in [3.63, 3.8) is 0 Å². The van der Waals surface area contributed by atoms with Gasteiger partial charge in [-0.25, -0.2) is 0 Å². The van der Waals surface area contributed by atoms with Gasteiger partial charge in [-0.1, -0.05) is 54.6 Å². The normalized spacial score (nSPS) is 33.8. The lowest BCUT2D eigenvalue weighted by atomic mass is 9.77. The predicted octanol–water partition coefficient (Wildman–Crippen LogP) is 0.186. The highest BCUT2D eigenvalue weighted by Gasteiger charge is 2.71. The summed E-state index contributed by atoms with van der Waals surface area (Å²) >= 11 is 0. The molecule has 2 fully saturated rings. The first-order valence-electron chi connectivity index (χ1n) is 11.0. The largest absolute Gasteiger partial charge is 0.395 e. The number of rotatable bonds is 4. The standard InChI is InChI=1S/C24H27N3O5/c1-25-11-5-9-17-18(21(25)29)19-22(30)27(13-14-28)20-23(31)26(12-6-10-24(19,20)32-17)15-16-7-3-2-4-8-16/h2-10,17-20,28H,11-15H2,1H3/t17-,18+,19+,20?,24+/m1/s1. The van der Waals surface area contributed by atoms with Crippen LogP contribution in [0.3, 0.4) is 0 Å². The number of nitrogens with zero attached hydrogens (tertiary/aromatic N) is 3. The Balaban J connectivity index is 1.56. The molecular formula is C24H27N3O5. The molecule has 1 aromatic rings. The van der Waals surface area contributed by atoms with Gasteiger partial charge in [0.1, 0.15) is 11.6 Å². The molecule has 4 heterocycles. The summed E-state index contributed by atoms with van der Waals surface area (Å²) in [6, 6.07) is 8.75. The first-order chi connectivity index (χ1) is 15.5. The second kappa shape index (κ2) is 7.86. The number of ether oxygens (including phenoxy) is 1. The molecule has 1 N–H and O–H groups in total. The molecule has 8 heteroatoms. The second-order valence-corrected chi connectivity index (χ2v) is 8.85. The van der Waals surface area contributed by atoms with Crippen molar-refractivity contribution in [1.82, 2.24) is 14.7 Å². The van der Waals surface area contributed by atoms with E-state index < -0.39 is 29.6 Å². The maximum atomic E-state index is 13.8. The average Bonchev–Trinajstić information content (AvgIpc) is 3.11. The SMILES string of the molecule is CN1CC=C[C@H]2O[C@]34C=CCN(Cc5ccccc5)C(=O)C3N(CCO)C(=O)[C@@H]4[C@H]2C1=O. The Morgan fingerprint density at radius 1 is 1.06 bits per heavy atom. The van der Waals surface area contributed by atoms with Crippen molar-refractivity contribution in [1.29, 1.82) is 0 Å². The number of carbonyl (C=O) groups is 3. The lowest BCUT2D eigenvalue weighted by molar-refractivity contribution is -0.148. The number of likely N-dealkylation sites (N-methyl/N-ethyl adjacent to an activating group) is 1. The quantitative estimate of drug-likeness (QED) is 0.679. The zero-order valence-corrected chi connectivity index (χ0v) is 18.0. The van der Waals surface area contributed by atoms with Crippen LogP contribution in [-0.4, -0.2) is 88.6 Å². The van der Waals surface area contributed by atoms with Gasteiger partial charge in [-0.3, -0.25) is 14.4 Å². The summed E-state index contributed by atoms with van der Waals surface area (Å²) in [6.45, 7) is 0.968. The summed E-state index contributed by atoms with van der Waals surface area (Å²) in [5, 5.41) is 9.66. The topological polar surface area (TPSA) is 90.4 Å². The van der Waals surface area contributed by atoms with Crippen molar-refractivity contribution < 1.29 is 24.2 Å². The van der Waals surface area contributed by atoms with Crippen LogP contribution in [0.25, 0.3) is 0 Å². The van der Waals surface area contributed by atoms with E-state index in [2.05, 4.69) is 0 Å². The van der Waals surface area contributed by atoms with Crippen molar-refractivity contribution in [2.24, 2.45) is 11.8 Å². The molecule has 0 radical (unpaired) electrons. The number of aliphatic hydroxyl groups is 1. The second-order valence-electron chi connectivity index (χ2n) is 8.85. The highest BCUT2D eigenvalue weighted by Crippen LogP contribution is 2.53. The van der Waals surface area contributed by atoms with E-state index in [1.54, 1.807) is 16.8 Å². The molecule has 0 saturated carbocycles. The molecule has 2 saturated heterocycles. The maximum Gasteiger partial charge on any atom is 0.249 e. The number of hydrogen-bond acceptors (Lipinski definition) is 5. The smallest absolute Gasteiger partial charge is 0.249 e. The van der Waals surface area contributed by atoms with E-state index in [1.165, 1.54) is 4.90 Å². The van der Waals surface area contributed by atoms with Crippen molar-refractivity contribution in [3.05, 3.63) is 60.2 Å². The van der Waals surface area contributed by atoms with Crippen LogP contribution in [0.15, 0.2) is 54.6 Å². The molecule has 3 amide bonds. The van der Waals surface area contributed by atoms with Crippen LogP contribution in [0, 0.1) is 11.8 Å². The minimum absolute atomic E-state index is 0.0150. The molecule has 1 unspecified atom stereocenters. The lowest BCUT2D eigenvalue weighted by Gasteiger charge is -2.35. The number of β-amino-alcohol motifs (C(OH)–C–C–N with tert-alkyl or cyclic N) is 1. The van der Waals surface area contributed by atoms with Gasteiger partial charge in [0.05, 0.1) is 24.5 Å². The average molecular weight is 437 g/mol. The monoisotopic (exact) mass is 437 g/mol. The van der Waals surface area contributed by atoms with Crippen molar-refractivity contribution >= 4 is 17.7 Å². The van der Waals surface area contributed by atoms with Gasteiger partial charge in [0.2, 0.25) is 17.7 Å². The minimum Gasteiger partial charge on any atom is -0.395 e. The Morgan fingerprint density at radius 3 is 2.59 bits per heavy atom. The molecule has 32 heavy (non-hydrogen) atoms. The first-order valence-corrected chi connectivity index (χ1v) is 11.0. The van der Waals surface area contributed by atoms with Gasteiger partial charge < -0.3 is 24.5 Å². The summed E-state index contributed by atoms with van der Waals surface area (Å²) in [7, 11) is 1.71. The van der Waals surface area contributed by atoms with Crippen molar-refractivity contribution in [3.8, 4) is 0 Å². The van der Waals surface area contributed by atoms with Crippen LogP contribution in [-0.2, 0) is 25.7 Å². The molecular weight excluding hydrogens is 410 g/mol. The van der Waals surface area contributed by atoms with E-state index in [0.717, 1.165) is 5.56 Å². The van der Waals surface area contributed by atoms with Crippen LogP contribution in [0.2, 0.25) is 0 Å². The number of carbonyl (C=O) groups excluding carboxylic acids is 3. The molecule has 0 bridgehead atoms. The van der Waals surface area contributed by atoms with Gasteiger partial charge in [0.15, 0.2) is 0 Å². The summed E-state index contributed by atoms with van der Waals surface area (Å²) in [5.41, 5.74) is -0.250. The fourth-order valence-corrected chi connectivity index (χ4v) is 5.60. The lowest BCUT2D eigenvalue weighted by Crippen LogP contribution is -2.55.